The molecule has 5 heteroatoms. The summed E-state index contributed by atoms with van der Waals surface area (Å²) in [5.41, 5.74) is 4.38. The molecule has 0 aliphatic rings. The topological polar surface area (TPSA) is 64.6 Å². The third-order valence-corrected chi connectivity index (χ3v) is 5.28. The summed E-state index contributed by atoms with van der Waals surface area (Å²) in [6, 6.07) is 20.3. The van der Waals surface area contributed by atoms with Gasteiger partial charge in [0.2, 0.25) is 0 Å². The molecule has 3 rings (SSSR count). The number of hydrogen-bond donors (Lipinski definition) is 1. The molecule has 32 heavy (non-hydrogen) atoms. The van der Waals surface area contributed by atoms with Gasteiger partial charge >= 0.3 is 5.97 Å². The molecule has 0 aliphatic carbocycles. The van der Waals surface area contributed by atoms with E-state index in [1.165, 1.54) is 0 Å². The Morgan fingerprint density at radius 3 is 2.03 bits per heavy atom. The molecule has 3 aromatic carbocycles. The zero-order chi connectivity index (χ0) is 23.1. The fourth-order valence-electron chi connectivity index (χ4n) is 3.27. The van der Waals surface area contributed by atoms with Crippen molar-refractivity contribution < 1.29 is 19.1 Å². The summed E-state index contributed by atoms with van der Waals surface area (Å²) in [6.45, 7) is 5.94. The summed E-state index contributed by atoms with van der Waals surface area (Å²) in [5.74, 6) is 0.374. The second-order valence-corrected chi connectivity index (χ2v) is 8.02. The summed E-state index contributed by atoms with van der Waals surface area (Å²) < 4.78 is 11.0. The van der Waals surface area contributed by atoms with Crippen molar-refractivity contribution in [3.05, 3.63) is 94.5 Å². The van der Waals surface area contributed by atoms with E-state index in [9.17, 15) is 9.59 Å². The van der Waals surface area contributed by atoms with Crippen LogP contribution in [0, 0.1) is 13.8 Å². The minimum atomic E-state index is -0.427. The van der Waals surface area contributed by atoms with Gasteiger partial charge in [0.15, 0.2) is 11.5 Å². The summed E-state index contributed by atoms with van der Waals surface area (Å²) in [7, 11) is 1.55. The molecular formula is C27H29NO4. The normalized spacial score (nSPS) is 11.5. The largest absolute Gasteiger partial charge is 0.493 e. The number of carbonyl (C=O) groups excluding carboxylic acids is 2. The van der Waals surface area contributed by atoms with Gasteiger partial charge in [-0.1, -0.05) is 41.5 Å². The van der Waals surface area contributed by atoms with E-state index in [0.29, 0.717) is 22.6 Å². The predicted octanol–water partition coefficient (Wildman–Crippen LogP) is 5.28. The molecule has 0 aliphatic heterocycles. The van der Waals surface area contributed by atoms with Crippen LogP contribution in [0.3, 0.4) is 0 Å². The lowest BCUT2D eigenvalue weighted by atomic mass is 10.0. The molecule has 5 nitrogen and oxygen atoms in total. The summed E-state index contributed by atoms with van der Waals surface area (Å²) >= 11 is 0. The van der Waals surface area contributed by atoms with E-state index in [4.69, 9.17) is 9.47 Å². The fraction of sp³-hybridized carbons (Fsp3) is 0.259. The molecule has 0 saturated heterocycles. The van der Waals surface area contributed by atoms with Crippen LogP contribution in [0.25, 0.3) is 0 Å². The minimum Gasteiger partial charge on any atom is -0.493 e. The molecule has 0 aromatic heterocycles. The lowest BCUT2D eigenvalue weighted by molar-refractivity contribution is 0.0729. The van der Waals surface area contributed by atoms with Crippen LogP contribution >= 0.6 is 0 Å². The Morgan fingerprint density at radius 1 is 0.844 bits per heavy atom. The number of methoxy groups -OCH3 is 1. The number of ether oxygens (including phenoxy) is 2. The molecule has 166 valence electrons. The molecule has 0 spiro atoms. The molecule has 0 heterocycles. The maximum Gasteiger partial charge on any atom is 0.343 e. The van der Waals surface area contributed by atoms with Gasteiger partial charge in [-0.05, 0) is 75.6 Å². The van der Waals surface area contributed by atoms with Crippen molar-refractivity contribution in [2.45, 2.75) is 39.7 Å². The van der Waals surface area contributed by atoms with Crippen molar-refractivity contribution >= 4 is 11.9 Å². The highest BCUT2D eigenvalue weighted by molar-refractivity contribution is 5.94. The number of benzene rings is 3. The average Bonchev–Trinajstić information content (AvgIpc) is 2.79. The van der Waals surface area contributed by atoms with Crippen molar-refractivity contribution in [2.75, 3.05) is 7.11 Å². The maximum absolute atomic E-state index is 12.4. The lowest BCUT2D eigenvalue weighted by Gasteiger charge is -2.15. The van der Waals surface area contributed by atoms with E-state index in [1.807, 2.05) is 69.3 Å². The smallest absolute Gasteiger partial charge is 0.343 e. The zero-order valence-corrected chi connectivity index (χ0v) is 19.0. The van der Waals surface area contributed by atoms with Crippen molar-refractivity contribution in [3.63, 3.8) is 0 Å². The van der Waals surface area contributed by atoms with Gasteiger partial charge in [-0.25, -0.2) is 4.79 Å². The van der Waals surface area contributed by atoms with Crippen molar-refractivity contribution in [3.8, 4) is 11.5 Å². The predicted molar refractivity (Wildman–Crippen MR) is 126 cm³/mol. The molecule has 0 bridgehead atoms. The van der Waals surface area contributed by atoms with E-state index in [-0.39, 0.29) is 11.9 Å². The number of hydrogen-bond acceptors (Lipinski definition) is 4. The number of nitrogens with one attached hydrogen (secondary N) is 1. The molecule has 0 fully saturated rings. The summed E-state index contributed by atoms with van der Waals surface area (Å²) in [6.07, 6.45) is 1.52. The second-order valence-electron chi connectivity index (χ2n) is 8.02. The van der Waals surface area contributed by atoms with Gasteiger partial charge in [0.1, 0.15) is 0 Å². The van der Waals surface area contributed by atoms with Gasteiger partial charge in [-0.15, -0.1) is 0 Å². The molecule has 1 amide bonds. The van der Waals surface area contributed by atoms with Gasteiger partial charge in [-0.2, -0.15) is 0 Å². The molecule has 0 radical (unpaired) electrons. The third kappa shape index (κ3) is 6.20. The quantitative estimate of drug-likeness (QED) is 0.389. The zero-order valence-electron chi connectivity index (χ0n) is 19.0. The molecule has 1 atom stereocenters. The van der Waals surface area contributed by atoms with Crippen molar-refractivity contribution in [2.24, 2.45) is 0 Å². The van der Waals surface area contributed by atoms with Gasteiger partial charge < -0.3 is 14.8 Å². The van der Waals surface area contributed by atoms with Crippen LogP contribution in [0.2, 0.25) is 0 Å². The Labute approximate surface area is 189 Å². The number of rotatable bonds is 8. The standard InChI is InChI=1S/C27H29NO4/c1-18-5-12-22(13-6-18)26(29)28-20(3)9-10-21-11-16-24(25(17-21)31-4)32-27(30)23-14-7-19(2)8-15-23/h5-8,11-17,20H,9-10H2,1-4H3,(H,28,29)/t20-/m0/s1. The molecule has 3 aromatic rings. The Balaban J connectivity index is 1.57. The van der Waals surface area contributed by atoms with Gasteiger partial charge in [0.05, 0.1) is 12.7 Å². The van der Waals surface area contributed by atoms with E-state index in [0.717, 1.165) is 29.5 Å². The second kappa shape index (κ2) is 10.6. The monoisotopic (exact) mass is 431 g/mol. The maximum atomic E-state index is 12.4. The van der Waals surface area contributed by atoms with E-state index >= 15 is 0 Å². The third-order valence-electron chi connectivity index (χ3n) is 5.28. The van der Waals surface area contributed by atoms with Crippen LogP contribution in [0.5, 0.6) is 11.5 Å². The van der Waals surface area contributed by atoms with Gasteiger partial charge in [0, 0.05) is 11.6 Å². The summed E-state index contributed by atoms with van der Waals surface area (Å²) in [5, 5.41) is 3.03. The van der Waals surface area contributed by atoms with E-state index in [2.05, 4.69) is 5.32 Å². The first-order valence-electron chi connectivity index (χ1n) is 10.7. The first kappa shape index (κ1) is 23.1. The van der Waals surface area contributed by atoms with Crippen LogP contribution in [0.4, 0.5) is 0 Å². The Hall–Kier alpha value is -3.60. The average molecular weight is 432 g/mol. The highest BCUT2D eigenvalue weighted by Crippen LogP contribution is 2.29. The number of carbonyl (C=O) groups is 2. The first-order valence-corrected chi connectivity index (χ1v) is 10.7. The molecular weight excluding hydrogens is 402 g/mol. The van der Waals surface area contributed by atoms with E-state index in [1.54, 1.807) is 25.3 Å². The van der Waals surface area contributed by atoms with Gasteiger partial charge in [-0.3, -0.25) is 4.79 Å². The van der Waals surface area contributed by atoms with Crippen LogP contribution in [0.15, 0.2) is 66.7 Å². The summed E-state index contributed by atoms with van der Waals surface area (Å²) in [4.78, 5) is 24.8. The number of esters is 1. The van der Waals surface area contributed by atoms with Crippen molar-refractivity contribution in [1.29, 1.82) is 0 Å². The molecule has 0 saturated carbocycles. The SMILES string of the molecule is COc1cc(CC[C@H](C)NC(=O)c2ccc(C)cc2)ccc1OC(=O)c1ccc(C)cc1. The minimum absolute atomic E-state index is 0.00818. The van der Waals surface area contributed by atoms with E-state index < -0.39 is 5.97 Å². The first-order chi connectivity index (χ1) is 15.4. The number of aryl methyl sites for hydroxylation is 3. The lowest BCUT2D eigenvalue weighted by Crippen LogP contribution is -2.32. The van der Waals surface area contributed by atoms with Gasteiger partial charge in [0.25, 0.3) is 5.91 Å². The Kier molecular flexibility index (Phi) is 7.66. The highest BCUT2D eigenvalue weighted by atomic mass is 16.6. The van der Waals surface area contributed by atoms with Crippen LogP contribution in [-0.4, -0.2) is 25.0 Å². The van der Waals surface area contributed by atoms with Crippen LogP contribution in [-0.2, 0) is 6.42 Å². The Morgan fingerprint density at radius 2 is 1.44 bits per heavy atom. The van der Waals surface area contributed by atoms with Crippen LogP contribution in [0.1, 0.15) is 50.8 Å². The van der Waals surface area contributed by atoms with Crippen molar-refractivity contribution in [1.82, 2.24) is 5.32 Å². The molecule has 0 unspecified atom stereocenters. The number of amides is 1. The molecule has 1 N–H and O–H groups in total. The Bertz CT molecular complexity index is 1070. The van der Waals surface area contributed by atoms with Crippen LogP contribution < -0.4 is 14.8 Å². The fourth-order valence-corrected chi connectivity index (χ4v) is 3.27. The highest BCUT2D eigenvalue weighted by Gasteiger charge is 2.14.